The van der Waals surface area contributed by atoms with E-state index in [1.807, 2.05) is 0 Å². The fourth-order valence-electron chi connectivity index (χ4n) is 1.19. The van der Waals surface area contributed by atoms with Crippen LogP contribution in [0.25, 0.3) is 0 Å². The molecule has 3 N–H and O–H groups in total. The standard InChI is InChI=1S/C9H11NO2.ClH/c1-5-3-4-7(10)6(2)8(5)9(11)12;/h3-4H,10H2,1-2H3,(H,11,12);1H. The number of carbonyl (C=O) groups is 1. The molecule has 0 aliphatic carbocycles. The zero-order chi connectivity index (χ0) is 9.30. The molecular weight excluding hydrogens is 190 g/mol. The number of hydrogen-bond donors (Lipinski definition) is 2. The van der Waals surface area contributed by atoms with E-state index in [0.717, 1.165) is 5.56 Å². The number of aromatic carboxylic acids is 1. The Kier molecular flexibility index (Phi) is 3.75. The van der Waals surface area contributed by atoms with Crippen molar-refractivity contribution < 1.29 is 9.90 Å². The molecule has 13 heavy (non-hydrogen) atoms. The number of benzene rings is 1. The van der Waals surface area contributed by atoms with E-state index in [9.17, 15) is 4.79 Å². The molecule has 0 aliphatic rings. The molecule has 1 rings (SSSR count). The van der Waals surface area contributed by atoms with Crippen LogP contribution in [0.4, 0.5) is 5.69 Å². The first kappa shape index (κ1) is 11.8. The number of halogens is 1. The van der Waals surface area contributed by atoms with Gasteiger partial charge >= 0.3 is 5.97 Å². The van der Waals surface area contributed by atoms with Crippen molar-refractivity contribution >= 4 is 24.1 Å². The van der Waals surface area contributed by atoms with E-state index >= 15 is 0 Å². The molecule has 4 heteroatoms. The van der Waals surface area contributed by atoms with Gasteiger partial charge in [0.05, 0.1) is 5.56 Å². The zero-order valence-corrected chi connectivity index (χ0v) is 8.31. The van der Waals surface area contributed by atoms with Gasteiger partial charge in [0.15, 0.2) is 0 Å². The summed E-state index contributed by atoms with van der Waals surface area (Å²) < 4.78 is 0. The summed E-state index contributed by atoms with van der Waals surface area (Å²) in [7, 11) is 0. The van der Waals surface area contributed by atoms with Crippen LogP contribution < -0.4 is 5.73 Å². The van der Waals surface area contributed by atoms with Crippen molar-refractivity contribution in [1.82, 2.24) is 0 Å². The van der Waals surface area contributed by atoms with Crippen LogP contribution >= 0.6 is 12.4 Å². The lowest BCUT2D eigenvalue weighted by Gasteiger charge is -2.06. The molecule has 3 nitrogen and oxygen atoms in total. The first-order valence-corrected chi connectivity index (χ1v) is 3.63. The lowest BCUT2D eigenvalue weighted by atomic mass is 10.0. The highest BCUT2D eigenvalue weighted by Crippen LogP contribution is 2.19. The van der Waals surface area contributed by atoms with Crippen LogP contribution in [0.3, 0.4) is 0 Å². The van der Waals surface area contributed by atoms with Gasteiger partial charge in [0.2, 0.25) is 0 Å². The third kappa shape index (κ3) is 2.12. The fraction of sp³-hybridized carbons (Fsp3) is 0.222. The maximum Gasteiger partial charge on any atom is 0.336 e. The van der Waals surface area contributed by atoms with Crippen molar-refractivity contribution in [2.45, 2.75) is 13.8 Å². The van der Waals surface area contributed by atoms with Crippen LogP contribution in [0.1, 0.15) is 21.5 Å². The van der Waals surface area contributed by atoms with Gasteiger partial charge in [0.1, 0.15) is 0 Å². The zero-order valence-electron chi connectivity index (χ0n) is 7.50. The molecule has 1 aromatic carbocycles. The van der Waals surface area contributed by atoms with E-state index in [-0.39, 0.29) is 12.4 Å². The highest BCUT2D eigenvalue weighted by Gasteiger charge is 2.11. The Morgan fingerprint density at radius 3 is 2.31 bits per heavy atom. The van der Waals surface area contributed by atoms with Crippen LogP contribution in [0.2, 0.25) is 0 Å². The molecule has 0 aliphatic heterocycles. The Balaban J connectivity index is 0.00000144. The molecule has 0 aromatic heterocycles. The van der Waals surface area contributed by atoms with Crippen molar-refractivity contribution in [3.63, 3.8) is 0 Å². The largest absolute Gasteiger partial charge is 0.478 e. The monoisotopic (exact) mass is 201 g/mol. The van der Waals surface area contributed by atoms with Crippen LogP contribution in [0.5, 0.6) is 0 Å². The number of aryl methyl sites for hydroxylation is 1. The van der Waals surface area contributed by atoms with E-state index in [0.29, 0.717) is 16.8 Å². The van der Waals surface area contributed by atoms with Crippen LogP contribution in [-0.2, 0) is 0 Å². The van der Waals surface area contributed by atoms with Crippen molar-refractivity contribution in [3.05, 3.63) is 28.8 Å². The number of nitrogens with two attached hydrogens (primary N) is 1. The molecule has 0 spiro atoms. The first-order chi connectivity index (χ1) is 5.54. The molecule has 0 atom stereocenters. The van der Waals surface area contributed by atoms with Crippen molar-refractivity contribution in [1.29, 1.82) is 0 Å². The molecular formula is C9H12ClNO2. The molecule has 0 fully saturated rings. The first-order valence-electron chi connectivity index (χ1n) is 3.63. The summed E-state index contributed by atoms with van der Waals surface area (Å²) in [4.78, 5) is 10.7. The van der Waals surface area contributed by atoms with Gasteiger partial charge < -0.3 is 10.8 Å². The third-order valence-corrected chi connectivity index (χ3v) is 1.93. The Hall–Kier alpha value is -1.22. The molecule has 0 unspecified atom stereocenters. The van der Waals surface area contributed by atoms with Crippen LogP contribution in [-0.4, -0.2) is 11.1 Å². The minimum Gasteiger partial charge on any atom is -0.478 e. The molecule has 1 aromatic rings. The van der Waals surface area contributed by atoms with Gasteiger partial charge in [-0.05, 0) is 31.0 Å². The van der Waals surface area contributed by atoms with Gasteiger partial charge in [-0.3, -0.25) is 0 Å². The van der Waals surface area contributed by atoms with Crippen LogP contribution in [0, 0.1) is 13.8 Å². The van der Waals surface area contributed by atoms with Gasteiger partial charge in [0, 0.05) is 5.69 Å². The molecule has 72 valence electrons. The van der Waals surface area contributed by atoms with E-state index in [2.05, 4.69) is 0 Å². The quantitative estimate of drug-likeness (QED) is 0.684. The Morgan fingerprint density at radius 1 is 1.38 bits per heavy atom. The average Bonchev–Trinajstić information content (AvgIpc) is 1.97. The summed E-state index contributed by atoms with van der Waals surface area (Å²) >= 11 is 0. The topological polar surface area (TPSA) is 63.3 Å². The van der Waals surface area contributed by atoms with E-state index in [1.165, 1.54) is 0 Å². The van der Waals surface area contributed by atoms with Gasteiger partial charge in [-0.2, -0.15) is 0 Å². The Bertz CT molecular complexity index is 337. The lowest BCUT2D eigenvalue weighted by molar-refractivity contribution is 0.0695. The smallest absolute Gasteiger partial charge is 0.336 e. The summed E-state index contributed by atoms with van der Waals surface area (Å²) in [6.45, 7) is 3.47. The molecule has 0 bridgehead atoms. The molecule has 0 saturated carbocycles. The summed E-state index contributed by atoms with van der Waals surface area (Å²) in [6, 6.07) is 3.43. The van der Waals surface area contributed by atoms with Crippen molar-refractivity contribution in [2.75, 3.05) is 5.73 Å². The maximum absolute atomic E-state index is 10.7. The van der Waals surface area contributed by atoms with E-state index < -0.39 is 5.97 Å². The van der Waals surface area contributed by atoms with Gasteiger partial charge in [-0.15, -0.1) is 12.4 Å². The van der Waals surface area contributed by atoms with Crippen LogP contribution in [0.15, 0.2) is 12.1 Å². The maximum atomic E-state index is 10.7. The SMILES string of the molecule is Cc1ccc(N)c(C)c1C(=O)O.Cl. The van der Waals surface area contributed by atoms with Gasteiger partial charge in [0.25, 0.3) is 0 Å². The number of anilines is 1. The van der Waals surface area contributed by atoms with Gasteiger partial charge in [-0.1, -0.05) is 6.07 Å². The number of rotatable bonds is 1. The predicted molar refractivity (Wildman–Crippen MR) is 54.5 cm³/mol. The second kappa shape index (κ2) is 4.14. The third-order valence-electron chi connectivity index (χ3n) is 1.93. The molecule has 0 amide bonds. The molecule has 0 saturated heterocycles. The normalized spacial score (nSPS) is 9.08. The number of carboxylic acids is 1. The molecule has 0 radical (unpaired) electrons. The summed E-state index contributed by atoms with van der Waals surface area (Å²) in [6.07, 6.45) is 0. The summed E-state index contributed by atoms with van der Waals surface area (Å²) in [5.41, 5.74) is 7.79. The minimum absolute atomic E-state index is 0. The number of carboxylic acid groups (broad SMARTS) is 1. The second-order valence-corrected chi connectivity index (χ2v) is 2.78. The Morgan fingerprint density at radius 2 is 1.92 bits per heavy atom. The average molecular weight is 202 g/mol. The number of nitrogen functional groups attached to an aromatic ring is 1. The fourth-order valence-corrected chi connectivity index (χ4v) is 1.19. The van der Waals surface area contributed by atoms with E-state index in [4.69, 9.17) is 10.8 Å². The van der Waals surface area contributed by atoms with Crippen molar-refractivity contribution in [2.24, 2.45) is 0 Å². The van der Waals surface area contributed by atoms with E-state index in [1.54, 1.807) is 26.0 Å². The van der Waals surface area contributed by atoms with Gasteiger partial charge in [-0.25, -0.2) is 4.79 Å². The summed E-state index contributed by atoms with van der Waals surface area (Å²) in [5, 5.41) is 8.82. The predicted octanol–water partition coefficient (Wildman–Crippen LogP) is 2.01. The van der Waals surface area contributed by atoms with Crippen molar-refractivity contribution in [3.8, 4) is 0 Å². The number of hydrogen-bond acceptors (Lipinski definition) is 2. The lowest BCUT2D eigenvalue weighted by Crippen LogP contribution is -2.05. The molecule has 0 heterocycles. The summed E-state index contributed by atoms with van der Waals surface area (Å²) in [5.74, 6) is -0.919. The Labute approximate surface area is 83.0 Å². The highest BCUT2D eigenvalue weighted by molar-refractivity contribution is 5.92. The second-order valence-electron chi connectivity index (χ2n) is 2.78. The minimum atomic E-state index is -0.919. The highest BCUT2D eigenvalue weighted by atomic mass is 35.5.